The average molecular weight is 383 g/mol. The van der Waals surface area contributed by atoms with Crippen LogP contribution in [0.1, 0.15) is 18.1 Å². The first-order valence-electron chi connectivity index (χ1n) is 9.58. The molecule has 2 heterocycles. The molecule has 0 saturated heterocycles. The fourth-order valence-corrected chi connectivity index (χ4v) is 3.57. The van der Waals surface area contributed by atoms with Crippen molar-refractivity contribution in [2.24, 2.45) is 0 Å². The van der Waals surface area contributed by atoms with Crippen LogP contribution in [0.3, 0.4) is 0 Å². The second-order valence-electron chi connectivity index (χ2n) is 6.72. The van der Waals surface area contributed by atoms with Gasteiger partial charge < -0.3 is 4.90 Å². The summed E-state index contributed by atoms with van der Waals surface area (Å²) in [5, 5.41) is 0. The van der Waals surface area contributed by atoms with Crippen molar-refractivity contribution in [3.05, 3.63) is 102 Å². The predicted octanol–water partition coefficient (Wildman–Crippen LogP) is 3.89. The second kappa shape index (κ2) is 8.10. The zero-order valence-electron chi connectivity index (χ0n) is 16.2. The van der Waals surface area contributed by atoms with Gasteiger partial charge in [0.1, 0.15) is 5.70 Å². The van der Waals surface area contributed by atoms with Gasteiger partial charge in [-0.2, -0.15) is 0 Å². The number of imide groups is 1. The van der Waals surface area contributed by atoms with Crippen LogP contribution in [-0.4, -0.2) is 28.2 Å². The largest absolute Gasteiger partial charge is 0.337 e. The van der Waals surface area contributed by atoms with E-state index in [4.69, 9.17) is 0 Å². The number of benzene rings is 2. The molecule has 0 N–H and O–H groups in total. The second-order valence-corrected chi connectivity index (χ2v) is 6.72. The zero-order chi connectivity index (χ0) is 20.2. The normalized spacial score (nSPS) is 13.9. The topological polar surface area (TPSA) is 53.5 Å². The Labute approximate surface area is 169 Å². The van der Waals surface area contributed by atoms with Gasteiger partial charge >= 0.3 is 0 Å². The van der Waals surface area contributed by atoms with Gasteiger partial charge in [-0.25, -0.2) is 0 Å². The molecule has 5 heteroatoms. The minimum absolute atomic E-state index is 0.215. The van der Waals surface area contributed by atoms with Crippen LogP contribution in [0.2, 0.25) is 0 Å². The maximum absolute atomic E-state index is 13.5. The lowest BCUT2D eigenvalue weighted by Gasteiger charge is -2.25. The lowest BCUT2D eigenvalue weighted by molar-refractivity contribution is -0.137. The molecule has 29 heavy (non-hydrogen) atoms. The summed E-state index contributed by atoms with van der Waals surface area (Å²) in [6.07, 6.45) is 3.32. The summed E-state index contributed by atoms with van der Waals surface area (Å²) in [6.45, 7) is 2.76. The van der Waals surface area contributed by atoms with Crippen molar-refractivity contribution in [3.8, 4) is 0 Å². The summed E-state index contributed by atoms with van der Waals surface area (Å²) in [6, 6.07) is 22.7. The summed E-state index contributed by atoms with van der Waals surface area (Å²) in [7, 11) is 0. The van der Waals surface area contributed by atoms with E-state index in [1.54, 1.807) is 12.4 Å². The number of pyridine rings is 1. The van der Waals surface area contributed by atoms with E-state index in [9.17, 15) is 9.59 Å². The van der Waals surface area contributed by atoms with Crippen molar-refractivity contribution in [2.75, 3.05) is 11.4 Å². The van der Waals surface area contributed by atoms with Crippen molar-refractivity contribution in [2.45, 2.75) is 13.5 Å². The highest BCUT2D eigenvalue weighted by molar-refractivity contribution is 6.36. The van der Waals surface area contributed by atoms with Crippen LogP contribution >= 0.6 is 0 Å². The minimum atomic E-state index is -0.281. The van der Waals surface area contributed by atoms with Gasteiger partial charge in [0.05, 0.1) is 12.1 Å². The number of carbonyl (C=O) groups is 2. The molecule has 2 aromatic carbocycles. The Morgan fingerprint density at radius 2 is 1.45 bits per heavy atom. The quantitative estimate of drug-likeness (QED) is 0.606. The van der Waals surface area contributed by atoms with Crippen molar-refractivity contribution in [1.82, 2.24) is 9.88 Å². The Bertz CT molecular complexity index is 1050. The van der Waals surface area contributed by atoms with Gasteiger partial charge in [-0.15, -0.1) is 0 Å². The summed E-state index contributed by atoms with van der Waals surface area (Å²) in [5.41, 5.74) is 3.34. The molecule has 0 fully saturated rings. The first-order chi connectivity index (χ1) is 14.2. The Balaban J connectivity index is 1.82. The summed E-state index contributed by atoms with van der Waals surface area (Å²) in [4.78, 5) is 34.1. The molecule has 4 rings (SSSR count). The number of likely N-dealkylation sites (N-methyl/N-ethyl adjacent to an activating group) is 1. The molecule has 3 aromatic rings. The number of carbonyl (C=O) groups excluding carboxylic acids is 2. The maximum atomic E-state index is 13.5. The van der Waals surface area contributed by atoms with Gasteiger partial charge in [0.15, 0.2) is 0 Å². The average Bonchev–Trinajstić information content (AvgIpc) is 3.01. The van der Waals surface area contributed by atoms with Crippen LogP contribution in [0.15, 0.2) is 90.9 Å². The summed E-state index contributed by atoms with van der Waals surface area (Å²) in [5.74, 6) is -0.557. The molecule has 0 bridgehead atoms. The zero-order valence-corrected chi connectivity index (χ0v) is 16.2. The van der Waals surface area contributed by atoms with E-state index >= 15 is 0 Å². The van der Waals surface area contributed by atoms with Crippen molar-refractivity contribution in [1.29, 1.82) is 0 Å². The monoisotopic (exact) mass is 383 g/mol. The van der Waals surface area contributed by atoms with Gasteiger partial charge in [-0.1, -0.05) is 48.5 Å². The van der Waals surface area contributed by atoms with Gasteiger partial charge in [0.25, 0.3) is 11.8 Å². The molecule has 0 unspecified atom stereocenters. The van der Waals surface area contributed by atoms with Crippen LogP contribution < -0.4 is 4.90 Å². The third kappa shape index (κ3) is 3.55. The van der Waals surface area contributed by atoms with E-state index < -0.39 is 0 Å². The smallest absolute Gasteiger partial charge is 0.278 e. The van der Waals surface area contributed by atoms with Crippen molar-refractivity contribution >= 4 is 23.1 Å². The van der Waals surface area contributed by atoms with Crippen molar-refractivity contribution < 1.29 is 9.59 Å². The fraction of sp³-hybridized carbons (Fsp3) is 0.125. The fourth-order valence-electron chi connectivity index (χ4n) is 3.57. The standard InChI is InChI=1S/C24H21N3O2/c1-2-26(20-11-7-4-8-12-20)22-21(19-9-5-3-6-10-19)23(28)27(24(22)29)17-18-13-15-25-16-14-18/h3-16H,2,17H2,1H3. The molecule has 0 atom stereocenters. The molecule has 2 amide bonds. The molecule has 0 saturated carbocycles. The Kier molecular flexibility index (Phi) is 5.20. The molecule has 1 aliphatic rings. The van der Waals surface area contributed by atoms with Crippen LogP contribution in [0, 0.1) is 0 Å². The highest BCUT2D eigenvalue weighted by Gasteiger charge is 2.41. The third-order valence-corrected chi connectivity index (χ3v) is 4.95. The van der Waals surface area contributed by atoms with Gasteiger partial charge in [0.2, 0.25) is 0 Å². The number of anilines is 1. The van der Waals surface area contributed by atoms with Crippen LogP contribution in [0.5, 0.6) is 0 Å². The maximum Gasteiger partial charge on any atom is 0.278 e. The highest BCUT2D eigenvalue weighted by Crippen LogP contribution is 2.34. The van der Waals surface area contributed by atoms with E-state index in [0.29, 0.717) is 17.8 Å². The SMILES string of the molecule is CCN(C1=C(c2ccccc2)C(=O)N(Cc2ccncc2)C1=O)c1ccccc1. The van der Waals surface area contributed by atoms with E-state index in [0.717, 1.165) is 16.8 Å². The number of hydrogen-bond donors (Lipinski definition) is 0. The van der Waals surface area contributed by atoms with Gasteiger partial charge in [0, 0.05) is 24.6 Å². The Morgan fingerprint density at radius 1 is 0.828 bits per heavy atom. The summed E-state index contributed by atoms with van der Waals surface area (Å²) < 4.78 is 0. The molecule has 5 nitrogen and oxygen atoms in total. The molecular formula is C24H21N3O2. The lowest BCUT2D eigenvalue weighted by atomic mass is 10.0. The van der Waals surface area contributed by atoms with Crippen molar-refractivity contribution in [3.63, 3.8) is 0 Å². The number of hydrogen-bond acceptors (Lipinski definition) is 4. The molecule has 1 aromatic heterocycles. The van der Waals surface area contributed by atoms with Crippen LogP contribution in [0.4, 0.5) is 5.69 Å². The van der Waals surface area contributed by atoms with E-state index in [-0.39, 0.29) is 18.4 Å². The van der Waals surface area contributed by atoms with Gasteiger partial charge in [-0.05, 0) is 42.3 Å². The number of aromatic nitrogens is 1. The molecule has 0 spiro atoms. The number of amides is 2. The van der Waals surface area contributed by atoms with E-state index in [1.165, 1.54) is 4.90 Å². The summed E-state index contributed by atoms with van der Waals surface area (Å²) >= 11 is 0. The minimum Gasteiger partial charge on any atom is -0.337 e. The Hall–Kier alpha value is -3.73. The first-order valence-corrected chi connectivity index (χ1v) is 9.58. The molecule has 144 valence electrons. The molecular weight excluding hydrogens is 362 g/mol. The predicted molar refractivity (Wildman–Crippen MR) is 113 cm³/mol. The number of para-hydroxylation sites is 1. The van der Waals surface area contributed by atoms with Gasteiger partial charge in [-0.3, -0.25) is 19.5 Å². The molecule has 0 radical (unpaired) electrons. The lowest BCUT2D eigenvalue weighted by Crippen LogP contribution is -2.34. The number of nitrogens with zero attached hydrogens (tertiary/aromatic N) is 3. The Morgan fingerprint density at radius 3 is 2.07 bits per heavy atom. The van der Waals surface area contributed by atoms with Crippen LogP contribution in [0.25, 0.3) is 5.57 Å². The van der Waals surface area contributed by atoms with E-state index in [1.807, 2.05) is 84.6 Å². The van der Waals surface area contributed by atoms with Crippen LogP contribution in [-0.2, 0) is 16.1 Å². The third-order valence-electron chi connectivity index (χ3n) is 4.95. The number of rotatable bonds is 6. The highest BCUT2D eigenvalue weighted by atomic mass is 16.2. The molecule has 1 aliphatic heterocycles. The molecule has 0 aliphatic carbocycles. The first kappa shape index (κ1) is 18.6. The van der Waals surface area contributed by atoms with E-state index in [2.05, 4.69) is 4.98 Å².